The number of ether oxygens (including phenoxy) is 2. The van der Waals surface area contributed by atoms with Crippen LogP contribution in [-0.4, -0.2) is 45.9 Å². The average Bonchev–Trinajstić information content (AvgIpc) is 2.80. The maximum Gasteiger partial charge on any atom is 0.223 e. The van der Waals surface area contributed by atoms with E-state index >= 15 is 0 Å². The van der Waals surface area contributed by atoms with E-state index in [9.17, 15) is 13.2 Å². The van der Waals surface area contributed by atoms with E-state index in [4.69, 9.17) is 32.7 Å². The SMILES string of the molecule is COc1ccc([C@H](C)NC(=O)C2CCN(S(=O)(=O)Cc3ccc(Cl)c(Cl)c3)CC2)cc1OC. The Morgan fingerprint density at radius 3 is 2.33 bits per heavy atom. The number of carbonyl (C=O) groups is 1. The summed E-state index contributed by atoms with van der Waals surface area (Å²) in [5.41, 5.74) is 1.47. The lowest BCUT2D eigenvalue weighted by Gasteiger charge is -2.31. The summed E-state index contributed by atoms with van der Waals surface area (Å²) in [5, 5.41) is 3.73. The average molecular weight is 515 g/mol. The molecule has 0 bridgehead atoms. The van der Waals surface area contributed by atoms with Gasteiger partial charge in [0.1, 0.15) is 0 Å². The van der Waals surface area contributed by atoms with Gasteiger partial charge in [0, 0.05) is 19.0 Å². The summed E-state index contributed by atoms with van der Waals surface area (Å²) in [4.78, 5) is 12.8. The van der Waals surface area contributed by atoms with Crippen LogP contribution in [0.4, 0.5) is 0 Å². The van der Waals surface area contributed by atoms with Gasteiger partial charge in [0.2, 0.25) is 15.9 Å². The van der Waals surface area contributed by atoms with Crippen LogP contribution in [0.25, 0.3) is 0 Å². The zero-order chi connectivity index (χ0) is 24.2. The van der Waals surface area contributed by atoms with Gasteiger partial charge >= 0.3 is 0 Å². The predicted molar refractivity (Wildman–Crippen MR) is 129 cm³/mol. The van der Waals surface area contributed by atoms with Crippen LogP contribution in [0, 0.1) is 5.92 Å². The molecular formula is C23H28Cl2N2O5S. The molecule has 3 rings (SSSR count). The standard InChI is InChI=1S/C23H28Cl2N2O5S/c1-15(18-5-7-21(31-2)22(13-18)32-3)26-23(28)17-8-10-27(11-9-17)33(29,30)14-16-4-6-19(24)20(25)12-16/h4-7,12-13,15,17H,8-11,14H2,1-3H3,(H,26,28)/t15-/m0/s1. The Morgan fingerprint density at radius 2 is 1.73 bits per heavy atom. The van der Waals surface area contributed by atoms with Crippen LogP contribution >= 0.6 is 23.2 Å². The number of hydrogen-bond acceptors (Lipinski definition) is 5. The lowest BCUT2D eigenvalue weighted by atomic mass is 9.96. The smallest absolute Gasteiger partial charge is 0.223 e. The second-order valence-electron chi connectivity index (χ2n) is 8.02. The Morgan fingerprint density at radius 1 is 1.06 bits per heavy atom. The number of nitrogens with one attached hydrogen (secondary N) is 1. The van der Waals surface area contributed by atoms with Gasteiger partial charge in [-0.05, 0) is 55.2 Å². The van der Waals surface area contributed by atoms with E-state index in [0.29, 0.717) is 53.0 Å². The molecule has 180 valence electrons. The number of sulfonamides is 1. The zero-order valence-corrected chi connectivity index (χ0v) is 21.1. The van der Waals surface area contributed by atoms with Gasteiger partial charge in [-0.25, -0.2) is 12.7 Å². The van der Waals surface area contributed by atoms with Gasteiger partial charge in [-0.15, -0.1) is 0 Å². The number of hydrogen-bond donors (Lipinski definition) is 1. The van der Waals surface area contributed by atoms with E-state index in [1.807, 2.05) is 19.1 Å². The van der Waals surface area contributed by atoms with Crippen LogP contribution in [0.2, 0.25) is 10.0 Å². The molecule has 1 heterocycles. The number of rotatable bonds is 8. The van der Waals surface area contributed by atoms with Crippen LogP contribution in [0.5, 0.6) is 11.5 Å². The highest BCUT2D eigenvalue weighted by molar-refractivity contribution is 7.88. The summed E-state index contributed by atoms with van der Waals surface area (Å²) in [6.07, 6.45) is 0.927. The second-order valence-corrected chi connectivity index (χ2v) is 10.8. The van der Waals surface area contributed by atoms with Crippen molar-refractivity contribution in [1.29, 1.82) is 0 Å². The van der Waals surface area contributed by atoms with E-state index in [2.05, 4.69) is 5.32 Å². The largest absolute Gasteiger partial charge is 0.493 e. The molecule has 10 heteroatoms. The minimum absolute atomic E-state index is 0.0844. The summed E-state index contributed by atoms with van der Waals surface area (Å²) < 4.78 is 37.7. The molecule has 1 fully saturated rings. The molecule has 0 spiro atoms. The van der Waals surface area contributed by atoms with Crippen molar-refractivity contribution >= 4 is 39.1 Å². The monoisotopic (exact) mass is 514 g/mol. The first-order chi connectivity index (χ1) is 15.6. The predicted octanol–water partition coefficient (Wildman–Crippen LogP) is 4.43. The van der Waals surface area contributed by atoms with Crippen molar-refractivity contribution in [2.45, 2.75) is 31.6 Å². The highest BCUT2D eigenvalue weighted by Crippen LogP contribution is 2.30. The fourth-order valence-corrected chi connectivity index (χ4v) is 5.74. The normalized spacial score (nSPS) is 16.3. The van der Waals surface area contributed by atoms with Crippen LogP contribution < -0.4 is 14.8 Å². The van der Waals surface area contributed by atoms with E-state index in [1.165, 1.54) is 4.31 Å². The quantitative estimate of drug-likeness (QED) is 0.563. The molecule has 1 aliphatic heterocycles. The van der Waals surface area contributed by atoms with E-state index in [1.54, 1.807) is 38.5 Å². The van der Waals surface area contributed by atoms with E-state index < -0.39 is 10.0 Å². The fourth-order valence-electron chi connectivity index (χ4n) is 3.86. The van der Waals surface area contributed by atoms with Gasteiger partial charge < -0.3 is 14.8 Å². The minimum atomic E-state index is -3.52. The van der Waals surface area contributed by atoms with Crippen molar-refractivity contribution in [3.05, 3.63) is 57.6 Å². The third kappa shape index (κ3) is 6.32. The van der Waals surface area contributed by atoms with Crippen molar-refractivity contribution in [3.63, 3.8) is 0 Å². The molecule has 0 aliphatic carbocycles. The Bertz CT molecular complexity index is 1100. The third-order valence-electron chi connectivity index (χ3n) is 5.82. The van der Waals surface area contributed by atoms with Gasteiger partial charge in [0.05, 0.1) is 36.1 Å². The van der Waals surface area contributed by atoms with Crippen LogP contribution in [-0.2, 0) is 20.6 Å². The minimum Gasteiger partial charge on any atom is -0.493 e. The molecule has 1 aliphatic rings. The Labute approximate surface area is 205 Å². The molecule has 1 N–H and O–H groups in total. The molecule has 0 saturated carbocycles. The van der Waals surface area contributed by atoms with Crippen LogP contribution in [0.1, 0.15) is 36.9 Å². The highest BCUT2D eigenvalue weighted by Gasteiger charge is 2.31. The molecule has 7 nitrogen and oxygen atoms in total. The second kappa shape index (κ2) is 11.0. The van der Waals surface area contributed by atoms with Crippen molar-refractivity contribution < 1.29 is 22.7 Å². The maximum atomic E-state index is 12.8. The first kappa shape index (κ1) is 25.6. The lowest BCUT2D eigenvalue weighted by molar-refractivity contribution is -0.126. The number of amides is 1. The van der Waals surface area contributed by atoms with Crippen molar-refractivity contribution in [1.82, 2.24) is 9.62 Å². The Hall–Kier alpha value is -2.00. The summed E-state index contributed by atoms with van der Waals surface area (Å²) in [6, 6.07) is 10.1. The van der Waals surface area contributed by atoms with Gasteiger partial charge in [-0.3, -0.25) is 4.79 Å². The van der Waals surface area contributed by atoms with Crippen molar-refractivity contribution in [2.75, 3.05) is 27.3 Å². The molecule has 0 radical (unpaired) electrons. The van der Waals surface area contributed by atoms with Crippen LogP contribution in [0.15, 0.2) is 36.4 Å². The number of piperidine rings is 1. The molecule has 0 unspecified atom stereocenters. The molecule has 2 aromatic carbocycles. The van der Waals surface area contributed by atoms with Gasteiger partial charge in [0.25, 0.3) is 0 Å². The number of methoxy groups -OCH3 is 2. The van der Waals surface area contributed by atoms with Gasteiger partial charge in [-0.1, -0.05) is 35.3 Å². The van der Waals surface area contributed by atoms with Gasteiger partial charge in [-0.2, -0.15) is 0 Å². The van der Waals surface area contributed by atoms with Gasteiger partial charge in [0.15, 0.2) is 11.5 Å². The topological polar surface area (TPSA) is 84.9 Å². The number of carbonyl (C=O) groups excluding carboxylic acids is 1. The first-order valence-electron chi connectivity index (χ1n) is 10.6. The molecule has 33 heavy (non-hydrogen) atoms. The van der Waals surface area contributed by atoms with Crippen molar-refractivity contribution in [3.8, 4) is 11.5 Å². The molecule has 1 saturated heterocycles. The number of nitrogens with zero attached hydrogens (tertiary/aromatic N) is 1. The summed E-state index contributed by atoms with van der Waals surface area (Å²) in [7, 11) is -0.388. The number of benzene rings is 2. The molecule has 0 aromatic heterocycles. The molecule has 1 atom stereocenters. The molecule has 1 amide bonds. The number of halogens is 2. The third-order valence-corrected chi connectivity index (χ3v) is 8.41. The van der Waals surface area contributed by atoms with E-state index in [0.717, 1.165) is 5.56 Å². The molecule has 2 aromatic rings. The van der Waals surface area contributed by atoms with Crippen molar-refractivity contribution in [2.24, 2.45) is 5.92 Å². The Kier molecular flexibility index (Phi) is 8.50. The first-order valence-corrected chi connectivity index (χ1v) is 12.9. The zero-order valence-electron chi connectivity index (χ0n) is 18.8. The fraction of sp³-hybridized carbons (Fsp3) is 0.435. The summed E-state index contributed by atoms with van der Waals surface area (Å²) in [5.74, 6) is 0.727. The highest BCUT2D eigenvalue weighted by atomic mass is 35.5. The summed E-state index contributed by atoms with van der Waals surface area (Å²) in [6.45, 7) is 2.49. The lowest BCUT2D eigenvalue weighted by Crippen LogP contribution is -2.43. The summed E-state index contributed by atoms with van der Waals surface area (Å²) >= 11 is 11.9. The maximum absolute atomic E-state index is 12.8. The van der Waals surface area contributed by atoms with E-state index in [-0.39, 0.29) is 23.6 Å². The van der Waals surface area contributed by atoms with Crippen LogP contribution in [0.3, 0.4) is 0 Å². The molecular weight excluding hydrogens is 487 g/mol. The Balaban J connectivity index is 1.56.